The van der Waals surface area contributed by atoms with E-state index in [2.05, 4.69) is 39.3 Å². The van der Waals surface area contributed by atoms with Gasteiger partial charge < -0.3 is 5.73 Å². The lowest BCUT2D eigenvalue weighted by Crippen LogP contribution is -2.06. The summed E-state index contributed by atoms with van der Waals surface area (Å²) in [7, 11) is 0. The number of nitrogens with two attached hydrogens (primary N) is 1. The average molecular weight is 404 g/mol. The molecule has 150 valence electrons. The van der Waals surface area contributed by atoms with E-state index < -0.39 is 0 Å². The molecule has 5 aromatic rings. The summed E-state index contributed by atoms with van der Waals surface area (Å²) in [6.45, 7) is 0. The van der Waals surface area contributed by atoms with E-state index in [-0.39, 0.29) is 11.4 Å². The molecule has 0 amide bonds. The number of aromatic nitrogens is 3. The van der Waals surface area contributed by atoms with E-state index in [1.807, 2.05) is 42.5 Å². The second-order valence-electron chi connectivity index (χ2n) is 7.20. The van der Waals surface area contributed by atoms with Crippen LogP contribution in [-0.2, 0) is 0 Å². The molecule has 4 N–H and O–H groups in total. The minimum Gasteiger partial charge on any atom is -0.399 e. The molecule has 0 atom stereocenters. The van der Waals surface area contributed by atoms with Crippen LogP contribution in [0.25, 0.3) is 33.5 Å². The van der Waals surface area contributed by atoms with Crippen LogP contribution in [0.4, 0.5) is 5.69 Å². The highest BCUT2D eigenvalue weighted by Gasteiger charge is 2.16. The fourth-order valence-corrected chi connectivity index (χ4v) is 3.71. The molecule has 6 nitrogen and oxygen atoms in total. The number of para-hydroxylation sites is 4. The van der Waals surface area contributed by atoms with Crippen LogP contribution in [0.3, 0.4) is 0 Å². The van der Waals surface area contributed by atoms with Crippen molar-refractivity contribution in [3.63, 3.8) is 0 Å². The molecule has 0 saturated carbocycles. The van der Waals surface area contributed by atoms with E-state index in [9.17, 15) is 0 Å². The highest BCUT2D eigenvalue weighted by atomic mass is 15.2. The predicted octanol–water partition coefficient (Wildman–Crippen LogP) is 5.17. The molecule has 0 radical (unpaired) electrons. The molecule has 0 fully saturated rings. The second kappa shape index (κ2) is 7.42. The van der Waals surface area contributed by atoms with Gasteiger partial charge in [0.2, 0.25) is 5.78 Å². The van der Waals surface area contributed by atoms with Crippen molar-refractivity contribution >= 4 is 45.0 Å². The topological polar surface area (TPSA) is 96.0 Å². The molecular formula is C25H20N6. The third-order valence-corrected chi connectivity index (χ3v) is 5.18. The van der Waals surface area contributed by atoms with Gasteiger partial charge in [0.15, 0.2) is 0 Å². The number of nitrogens with zero attached hydrogens (tertiary/aromatic N) is 3. The van der Waals surface area contributed by atoms with Crippen LogP contribution in [0.15, 0.2) is 97.1 Å². The molecular weight excluding hydrogens is 384 g/mol. The Morgan fingerprint density at radius 1 is 0.677 bits per heavy atom. The van der Waals surface area contributed by atoms with Gasteiger partial charge in [0, 0.05) is 11.4 Å². The molecule has 1 aliphatic rings. The summed E-state index contributed by atoms with van der Waals surface area (Å²) in [4.78, 5) is 4.85. The molecule has 31 heavy (non-hydrogen) atoms. The van der Waals surface area contributed by atoms with Gasteiger partial charge in [0.1, 0.15) is 0 Å². The highest BCUT2D eigenvalue weighted by Crippen LogP contribution is 2.29. The predicted molar refractivity (Wildman–Crippen MR) is 128 cm³/mol. The molecule has 1 aliphatic carbocycles. The Labute approximate surface area is 178 Å². The fraction of sp³-hybridized carbons (Fsp3) is 0. The summed E-state index contributed by atoms with van der Waals surface area (Å²) in [6.07, 6.45) is 6.70. The number of allylic oxidation sites excluding steroid dienone is 4. The largest absolute Gasteiger partial charge is 0.399 e. The number of nitrogen functional groups attached to an aromatic ring is 1. The van der Waals surface area contributed by atoms with Crippen molar-refractivity contribution in [1.29, 1.82) is 10.8 Å². The molecule has 3 aromatic carbocycles. The number of hydrogen-bond donors (Lipinski definition) is 3. The molecule has 0 bridgehead atoms. The van der Waals surface area contributed by atoms with E-state index in [0.29, 0.717) is 0 Å². The highest BCUT2D eigenvalue weighted by molar-refractivity contribution is 6.48. The van der Waals surface area contributed by atoms with E-state index in [1.165, 1.54) is 0 Å². The minimum atomic E-state index is 0.285. The lowest BCUT2D eigenvalue weighted by atomic mass is 10.1. The molecule has 6 heteroatoms. The number of nitrogens with one attached hydrogen (secondary N) is 2. The zero-order valence-corrected chi connectivity index (χ0v) is 16.7. The molecule has 0 saturated heterocycles. The normalized spacial score (nSPS) is 13.2. The van der Waals surface area contributed by atoms with Crippen LogP contribution in [0.5, 0.6) is 0 Å². The maximum Gasteiger partial charge on any atom is 0.220 e. The number of rotatable bonds is 1. The van der Waals surface area contributed by atoms with Crippen LogP contribution < -0.4 is 5.73 Å². The number of hydrogen-bond acceptors (Lipinski definition) is 4. The molecule has 0 aliphatic heterocycles. The first kappa shape index (κ1) is 18.6. The average Bonchev–Trinajstić information content (AvgIpc) is 3.32. The lowest BCUT2D eigenvalue weighted by Gasteiger charge is -2.05. The third-order valence-electron chi connectivity index (χ3n) is 5.18. The Morgan fingerprint density at radius 3 is 1.90 bits per heavy atom. The van der Waals surface area contributed by atoms with Gasteiger partial charge >= 0.3 is 0 Å². The number of imidazole rings is 2. The Kier molecular flexibility index (Phi) is 4.45. The van der Waals surface area contributed by atoms with E-state index in [1.54, 1.807) is 24.3 Å². The van der Waals surface area contributed by atoms with Crippen molar-refractivity contribution in [2.75, 3.05) is 5.73 Å². The summed E-state index contributed by atoms with van der Waals surface area (Å²) >= 11 is 0. The van der Waals surface area contributed by atoms with Gasteiger partial charge in [-0.1, -0.05) is 36.4 Å². The van der Waals surface area contributed by atoms with E-state index in [4.69, 9.17) is 21.5 Å². The van der Waals surface area contributed by atoms with Crippen molar-refractivity contribution in [3.05, 3.63) is 97.1 Å². The summed E-state index contributed by atoms with van der Waals surface area (Å²) in [6, 6.07) is 24.5. The van der Waals surface area contributed by atoms with Crippen LogP contribution in [-0.4, -0.2) is 25.4 Å². The Morgan fingerprint density at radius 2 is 1.26 bits per heavy atom. The van der Waals surface area contributed by atoms with Gasteiger partial charge in [-0.25, -0.2) is 4.98 Å². The molecule has 0 unspecified atom stereocenters. The third kappa shape index (κ3) is 3.20. The summed E-state index contributed by atoms with van der Waals surface area (Å²) in [5.41, 5.74) is 12.6. The Bertz CT molecular complexity index is 1490. The quantitative estimate of drug-likeness (QED) is 0.266. The maximum atomic E-state index is 7.03. The van der Waals surface area contributed by atoms with Gasteiger partial charge in [0.05, 0.1) is 33.5 Å². The van der Waals surface area contributed by atoms with Crippen LogP contribution in [0.1, 0.15) is 0 Å². The molecule has 2 aromatic heterocycles. The van der Waals surface area contributed by atoms with E-state index >= 15 is 0 Å². The Balaban J connectivity index is 0.000000217. The van der Waals surface area contributed by atoms with Crippen LogP contribution >= 0.6 is 0 Å². The fourth-order valence-electron chi connectivity index (χ4n) is 3.71. The number of anilines is 1. The van der Waals surface area contributed by atoms with Gasteiger partial charge in [-0.15, -0.1) is 0 Å². The zero-order valence-electron chi connectivity index (χ0n) is 16.7. The van der Waals surface area contributed by atoms with Gasteiger partial charge in [-0.3, -0.25) is 19.8 Å². The maximum absolute atomic E-state index is 7.03. The van der Waals surface area contributed by atoms with Crippen molar-refractivity contribution in [2.45, 2.75) is 0 Å². The van der Waals surface area contributed by atoms with Crippen molar-refractivity contribution < 1.29 is 0 Å². The van der Waals surface area contributed by atoms with Crippen LogP contribution in [0, 0.1) is 10.8 Å². The van der Waals surface area contributed by atoms with Crippen molar-refractivity contribution in [3.8, 4) is 5.69 Å². The zero-order chi connectivity index (χ0) is 21.4. The lowest BCUT2D eigenvalue weighted by molar-refractivity contribution is 1.11. The first-order valence-electron chi connectivity index (χ1n) is 9.88. The second-order valence-corrected chi connectivity index (χ2v) is 7.20. The van der Waals surface area contributed by atoms with Gasteiger partial charge in [-0.05, 0) is 60.7 Å². The number of benzene rings is 3. The first-order valence-corrected chi connectivity index (χ1v) is 9.88. The smallest absolute Gasteiger partial charge is 0.220 e. The molecule has 2 heterocycles. The van der Waals surface area contributed by atoms with E-state index in [0.717, 1.165) is 39.2 Å². The SMILES string of the molecule is N=C1C=CC=CC1=N.Nc1ccc(-n2c3ccccc3n3c4ccccc4nc23)cc1. The van der Waals surface area contributed by atoms with Gasteiger partial charge in [0.25, 0.3) is 0 Å². The molecule has 0 spiro atoms. The summed E-state index contributed by atoms with van der Waals surface area (Å²) in [5, 5.41) is 14.1. The Hall–Kier alpha value is -4.45. The van der Waals surface area contributed by atoms with Gasteiger partial charge in [-0.2, -0.15) is 0 Å². The monoisotopic (exact) mass is 404 g/mol. The first-order chi connectivity index (χ1) is 15.1. The van der Waals surface area contributed by atoms with Crippen molar-refractivity contribution in [2.24, 2.45) is 0 Å². The van der Waals surface area contributed by atoms with Crippen molar-refractivity contribution in [1.82, 2.24) is 14.0 Å². The summed E-state index contributed by atoms with van der Waals surface area (Å²) in [5.74, 6) is 0.914. The summed E-state index contributed by atoms with van der Waals surface area (Å²) < 4.78 is 4.38. The molecule has 6 rings (SSSR count). The number of fused-ring (bicyclic) bond motifs is 5. The van der Waals surface area contributed by atoms with Crippen LogP contribution in [0.2, 0.25) is 0 Å². The standard InChI is InChI=1S/C19H14N4.C6H6N2/c20-13-9-11-14(12-10-13)22-17-7-3-4-8-18(17)23-16-6-2-1-5-15(16)21-19(22)23;7-5-3-1-2-4-6(5)8/h1-12H,20H2;1-4,7-8H. The minimum absolute atomic E-state index is 0.285.